The second kappa shape index (κ2) is 7.10. The molecule has 2 aliphatic rings. The minimum Gasteiger partial charge on any atom is -0.482 e. The van der Waals surface area contributed by atoms with E-state index >= 15 is 0 Å². The Kier molecular flexibility index (Phi) is 4.93. The largest absolute Gasteiger partial charge is 0.482 e. The number of ketones is 1. The minimum absolute atomic E-state index is 0.0528. The van der Waals surface area contributed by atoms with Gasteiger partial charge in [0.05, 0.1) is 18.9 Å². The van der Waals surface area contributed by atoms with Gasteiger partial charge in [-0.1, -0.05) is 6.92 Å². The van der Waals surface area contributed by atoms with E-state index in [2.05, 4.69) is 4.90 Å². The van der Waals surface area contributed by atoms with Gasteiger partial charge >= 0.3 is 0 Å². The zero-order valence-corrected chi connectivity index (χ0v) is 13.4. The summed E-state index contributed by atoms with van der Waals surface area (Å²) in [6, 6.07) is 5.32. The van der Waals surface area contributed by atoms with Crippen molar-refractivity contribution in [3.8, 4) is 5.75 Å². The van der Waals surface area contributed by atoms with E-state index in [4.69, 9.17) is 9.47 Å². The van der Waals surface area contributed by atoms with Crippen molar-refractivity contribution in [2.75, 3.05) is 50.9 Å². The van der Waals surface area contributed by atoms with Crippen LogP contribution in [0.5, 0.6) is 5.75 Å². The van der Waals surface area contributed by atoms with E-state index in [1.807, 2.05) is 6.92 Å². The molecule has 0 radical (unpaired) electrons. The molecule has 0 N–H and O–H groups in total. The van der Waals surface area contributed by atoms with Crippen LogP contribution in [0.4, 0.5) is 5.69 Å². The molecule has 0 unspecified atom stereocenters. The van der Waals surface area contributed by atoms with Crippen molar-refractivity contribution < 1.29 is 19.1 Å². The molecule has 0 aromatic heterocycles. The number of anilines is 1. The number of hydrogen-bond donors (Lipinski definition) is 0. The molecule has 0 atom stereocenters. The summed E-state index contributed by atoms with van der Waals surface area (Å²) in [6.07, 6.45) is 0.446. The number of hydrogen-bond acceptors (Lipinski definition) is 5. The van der Waals surface area contributed by atoms with Crippen molar-refractivity contribution in [1.82, 2.24) is 4.90 Å². The van der Waals surface area contributed by atoms with Gasteiger partial charge < -0.3 is 14.4 Å². The van der Waals surface area contributed by atoms with Crippen molar-refractivity contribution in [2.24, 2.45) is 0 Å². The monoisotopic (exact) mass is 318 g/mol. The summed E-state index contributed by atoms with van der Waals surface area (Å²) in [4.78, 5) is 28.2. The van der Waals surface area contributed by atoms with Crippen LogP contribution >= 0.6 is 0 Å². The van der Waals surface area contributed by atoms with E-state index in [1.165, 1.54) is 0 Å². The van der Waals surface area contributed by atoms with E-state index in [1.54, 1.807) is 23.1 Å². The Morgan fingerprint density at radius 2 is 2.00 bits per heavy atom. The molecular formula is C17H22N2O4. The lowest BCUT2D eigenvalue weighted by Gasteiger charge is -2.33. The molecule has 2 aliphatic heterocycles. The number of fused-ring (bicyclic) bond motifs is 1. The van der Waals surface area contributed by atoms with Crippen LogP contribution in [0.15, 0.2) is 18.2 Å². The van der Waals surface area contributed by atoms with Crippen LogP contribution in [0, 0.1) is 0 Å². The standard InChI is InChI=1S/C17H22N2O4/c1-2-15(20)13-3-4-16-14(11-13)19(17(21)12-23-16)6-5-18-7-9-22-10-8-18/h3-4,11H,2,5-10,12H2,1H3. The van der Waals surface area contributed by atoms with Crippen LogP contribution in [0.3, 0.4) is 0 Å². The molecule has 2 heterocycles. The Morgan fingerprint density at radius 3 is 2.74 bits per heavy atom. The van der Waals surface area contributed by atoms with Crippen LogP contribution in [-0.2, 0) is 9.53 Å². The van der Waals surface area contributed by atoms with Gasteiger partial charge in [0.1, 0.15) is 5.75 Å². The lowest BCUT2D eigenvalue weighted by Crippen LogP contribution is -2.46. The number of nitrogens with zero attached hydrogens (tertiary/aromatic N) is 2. The third kappa shape index (κ3) is 3.54. The molecule has 0 saturated carbocycles. The number of ether oxygens (including phenoxy) is 2. The molecular weight excluding hydrogens is 296 g/mol. The predicted octanol–water partition coefficient (Wildman–Crippen LogP) is 1.34. The normalized spacial score (nSPS) is 18.5. The highest BCUT2D eigenvalue weighted by atomic mass is 16.5. The van der Waals surface area contributed by atoms with Gasteiger partial charge in [0, 0.05) is 38.2 Å². The summed E-state index contributed by atoms with van der Waals surface area (Å²) < 4.78 is 10.8. The molecule has 1 saturated heterocycles. The summed E-state index contributed by atoms with van der Waals surface area (Å²) in [5, 5.41) is 0. The molecule has 23 heavy (non-hydrogen) atoms. The van der Waals surface area contributed by atoms with Gasteiger partial charge in [-0.2, -0.15) is 0 Å². The van der Waals surface area contributed by atoms with Crippen molar-refractivity contribution in [1.29, 1.82) is 0 Å². The Bertz CT molecular complexity index is 596. The number of carbonyl (C=O) groups is 2. The van der Waals surface area contributed by atoms with Crippen molar-refractivity contribution in [3.63, 3.8) is 0 Å². The maximum atomic E-state index is 12.3. The second-order valence-electron chi connectivity index (χ2n) is 5.75. The molecule has 0 bridgehead atoms. The Morgan fingerprint density at radius 1 is 1.22 bits per heavy atom. The average Bonchev–Trinajstić information content (AvgIpc) is 2.60. The van der Waals surface area contributed by atoms with E-state index in [0.29, 0.717) is 30.0 Å². The van der Waals surface area contributed by atoms with Gasteiger partial charge in [-0.15, -0.1) is 0 Å². The zero-order valence-electron chi connectivity index (χ0n) is 13.4. The Labute approximate surface area is 136 Å². The van der Waals surface area contributed by atoms with Crippen LogP contribution in [0.2, 0.25) is 0 Å². The number of amides is 1. The third-order valence-electron chi connectivity index (χ3n) is 4.29. The summed E-state index contributed by atoms with van der Waals surface area (Å²) in [6.45, 7) is 6.53. The number of rotatable bonds is 5. The van der Waals surface area contributed by atoms with E-state index in [0.717, 1.165) is 32.8 Å². The van der Waals surface area contributed by atoms with Crippen LogP contribution < -0.4 is 9.64 Å². The summed E-state index contributed by atoms with van der Waals surface area (Å²) in [5.74, 6) is 0.671. The highest BCUT2D eigenvalue weighted by Gasteiger charge is 2.27. The highest BCUT2D eigenvalue weighted by molar-refractivity contribution is 6.01. The fourth-order valence-corrected chi connectivity index (χ4v) is 2.89. The molecule has 1 amide bonds. The maximum absolute atomic E-state index is 12.3. The molecule has 1 aromatic carbocycles. The summed E-state index contributed by atoms with van der Waals surface area (Å²) >= 11 is 0. The van der Waals surface area contributed by atoms with Gasteiger partial charge in [0.2, 0.25) is 0 Å². The fourth-order valence-electron chi connectivity index (χ4n) is 2.89. The second-order valence-corrected chi connectivity index (χ2v) is 5.75. The van der Waals surface area contributed by atoms with Crippen molar-refractivity contribution in [2.45, 2.75) is 13.3 Å². The number of benzene rings is 1. The molecule has 6 nitrogen and oxygen atoms in total. The maximum Gasteiger partial charge on any atom is 0.265 e. The smallest absolute Gasteiger partial charge is 0.265 e. The molecule has 0 spiro atoms. The van der Waals surface area contributed by atoms with Gasteiger partial charge in [-0.3, -0.25) is 14.5 Å². The van der Waals surface area contributed by atoms with Gasteiger partial charge in [0.15, 0.2) is 12.4 Å². The molecule has 0 aliphatic carbocycles. The summed E-state index contributed by atoms with van der Waals surface area (Å²) in [7, 11) is 0. The minimum atomic E-state index is -0.0631. The topological polar surface area (TPSA) is 59.1 Å². The van der Waals surface area contributed by atoms with E-state index in [-0.39, 0.29) is 18.3 Å². The van der Waals surface area contributed by atoms with E-state index < -0.39 is 0 Å². The molecule has 3 rings (SSSR count). The predicted molar refractivity (Wildman–Crippen MR) is 86.2 cm³/mol. The Hall–Kier alpha value is -1.92. The van der Waals surface area contributed by atoms with Gasteiger partial charge in [-0.05, 0) is 18.2 Å². The lowest BCUT2D eigenvalue weighted by molar-refractivity contribution is -0.121. The summed E-state index contributed by atoms with van der Waals surface area (Å²) in [5.41, 5.74) is 1.33. The zero-order chi connectivity index (χ0) is 16.2. The number of morpholine rings is 1. The average molecular weight is 318 g/mol. The van der Waals surface area contributed by atoms with Gasteiger partial charge in [0.25, 0.3) is 5.91 Å². The molecule has 1 aromatic rings. The molecule has 124 valence electrons. The lowest BCUT2D eigenvalue weighted by atomic mass is 10.1. The molecule has 6 heteroatoms. The first-order valence-electron chi connectivity index (χ1n) is 8.09. The SMILES string of the molecule is CCC(=O)c1ccc2c(c1)N(CCN1CCOCC1)C(=O)CO2. The van der Waals surface area contributed by atoms with Crippen LogP contribution in [-0.4, -0.2) is 62.6 Å². The van der Waals surface area contributed by atoms with Gasteiger partial charge in [-0.25, -0.2) is 0 Å². The highest BCUT2D eigenvalue weighted by Crippen LogP contribution is 2.33. The quantitative estimate of drug-likeness (QED) is 0.767. The van der Waals surface area contributed by atoms with Crippen molar-refractivity contribution >= 4 is 17.4 Å². The Balaban J connectivity index is 1.77. The first-order chi connectivity index (χ1) is 11.2. The number of Topliss-reactive ketones (excluding diaryl/α,β-unsaturated/α-hetero) is 1. The van der Waals surface area contributed by atoms with Crippen LogP contribution in [0.1, 0.15) is 23.7 Å². The fraction of sp³-hybridized carbons (Fsp3) is 0.529. The number of carbonyl (C=O) groups excluding carboxylic acids is 2. The van der Waals surface area contributed by atoms with Crippen molar-refractivity contribution in [3.05, 3.63) is 23.8 Å². The van der Waals surface area contributed by atoms with Crippen LogP contribution in [0.25, 0.3) is 0 Å². The first-order valence-corrected chi connectivity index (χ1v) is 8.09. The third-order valence-corrected chi connectivity index (χ3v) is 4.29. The molecule has 1 fully saturated rings. The van der Waals surface area contributed by atoms with E-state index in [9.17, 15) is 9.59 Å². The first kappa shape index (κ1) is 16.0.